The van der Waals surface area contributed by atoms with Gasteiger partial charge in [-0.1, -0.05) is 60.4 Å². The highest BCUT2D eigenvalue weighted by Gasteiger charge is 2.35. The maximum Gasteiger partial charge on any atom is 0.230 e. The number of amides is 2. The molecule has 1 fully saturated rings. The van der Waals surface area contributed by atoms with Gasteiger partial charge in [-0.05, 0) is 25.3 Å². The highest BCUT2D eigenvalue weighted by molar-refractivity contribution is 8.01. The number of hydrogen-bond acceptors (Lipinski definition) is 6. The molecule has 2 aromatic rings. The molecule has 1 atom stereocenters. The molecule has 0 aliphatic heterocycles. The van der Waals surface area contributed by atoms with Crippen molar-refractivity contribution >= 4 is 40.0 Å². The average Bonchev–Trinajstić information content (AvgIpc) is 3.38. The number of carbonyl (C=O) groups is 2. The van der Waals surface area contributed by atoms with Crippen LogP contribution < -0.4 is 10.2 Å². The van der Waals surface area contributed by atoms with Crippen LogP contribution in [-0.4, -0.2) is 33.8 Å². The largest absolute Gasteiger partial charge is 0.349 e. The molecule has 138 valence electrons. The summed E-state index contributed by atoms with van der Waals surface area (Å²) in [7, 11) is 0. The Morgan fingerprint density at radius 2 is 2.04 bits per heavy atom. The molecule has 1 saturated carbocycles. The third kappa shape index (κ3) is 4.82. The van der Waals surface area contributed by atoms with Gasteiger partial charge in [-0.25, -0.2) is 0 Å². The lowest BCUT2D eigenvalue weighted by atomic mass is 10.1. The molecule has 1 N–H and O–H groups in total. The van der Waals surface area contributed by atoms with E-state index in [9.17, 15) is 9.59 Å². The van der Waals surface area contributed by atoms with E-state index in [2.05, 4.69) is 15.5 Å². The van der Waals surface area contributed by atoms with Gasteiger partial charge in [0.25, 0.3) is 0 Å². The van der Waals surface area contributed by atoms with Gasteiger partial charge in [-0.2, -0.15) is 0 Å². The Bertz CT molecular complexity index is 762. The molecule has 1 aliphatic rings. The van der Waals surface area contributed by atoms with Crippen LogP contribution in [-0.2, 0) is 9.59 Å². The van der Waals surface area contributed by atoms with Crippen molar-refractivity contribution in [3.8, 4) is 0 Å². The summed E-state index contributed by atoms with van der Waals surface area (Å²) in [6, 6.07) is 10.1. The molecule has 1 heterocycles. The monoisotopic (exact) mass is 390 g/mol. The Labute approximate surface area is 161 Å². The van der Waals surface area contributed by atoms with E-state index in [0.29, 0.717) is 15.9 Å². The molecule has 1 aliphatic carbocycles. The van der Waals surface area contributed by atoms with Crippen molar-refractivity contribution in [1.29, 1.82) is 0 Å². The van der Waals surface area contributed by atoms with Crippen molar-refractivity contribution in [2.45, 2.75) is 49.5 Å². The summed E-state index contributed by atoms with van der Waals surface area (Å²) in [6.45, 7) is 3.82. The predicted molar refractivity (Wildman–Crippen MR) is 104 cm³/mol. The SMILES string of the molecule is CCC(=O)N(c1nnc(SCC(=O)N[C@H](C)c2ccccc2)s1)C1CC1. The van der Waals surface area contributed by atoms with Crippen molar-refractivity contribution in [3.05, 3.63) is 35.9 Å². The third-order valence-corrected chi connectivity index (χ3v) is 6.14. The molecular weight excluding hydrogens is 368 g/mol. The fraction of sp³-hybridized carbons (Fsp3) is 0.444. The van der Waals surface area contributed by atoms with Crippen LogP contribution in [0.3, 0.4) is 0 Å². The molecule has 8 heteroatoms. The van der Waals surface area contributed by atoms with E-state index in [4.69, 9.17) is 0 Å². The zero-order chi connectivity index (χ0) is 18.5. The number of anilines is 1. The third-order valence-electron chi connectivity index (χ3n) is 4.09. The lowest BCUT2D eigenvalue weighted by molar-refractivity contribution is -0.119. The molecule has 26 heavy (non-hydrogen) atoms. The fourth-order valence-electron chi connectivity index (χ4n) is 2.56. The van der Waals surface area contributed by atoms with Crippen molar-refractivity contribution in [2.75, 3.05) is 10.7 Å². The molecule has 0 bridgehead atoms. The smallest absolute Gasteiger partial charge is 0.230 e. The molecule has 1 aromatic heterocycles. The van der Waals surface area contributed by atoms with Crippen LogP contribution in [0.5, 0.6) is 0 Å². The first kappa shape index (κ1) is 18.8. The zero-order valence-electron chi connectivity index (χ0n) is 14.8. The van der Waals surface area contributed by atoms with Crippen molar-refractivity contribution in [3.63, 3.8) is 0 Å². The van der Waals surface area contributed by atoms with Crippen molar-refractivity contribution in [2.24, 2.45) is 0 Å². The molecular formula is C18H22N4O2S2. The number of benzene rings is 1. The summed E-state index contributed by atoms with van der Waals surface area (Å²) in [5, 5.41) is 11.9. The molecule has 3 rings (SSSR count). The number of carbonyl (C=O) groups excluding carboxylic acids is 2. The lowest BCUT2D eigenvalue weighted by Gasteiger charge is -2.17. The second-order valence-corrected chi connectivity index (χ2v) is 8.37. The van der Waals surface area contributed by atoms with E-state index in [1.54, 1.807) is 4.90 Å². The first-order chi connectivity index (χ1) is 12.6. The summed E-state index contributed by atoms with van der Waals surface area (Å²) < 4.78 is 0.706. The van der Waals surface area contributed by atoms with Gasteiger partial charge in [0.15, 0.2) is 4.34 Å². The minimum Gasteiger partial charge on any atom is -0.349 e. The number of nitrogens with one attached hydrogen (secondary N) is 1. The van der Waals surface area contributed by atoms with Crippen LogP contribution in [0.25, 0.3) is 0 Å². The molecule has 6 nitrogen and oxygen atoms in total. The normalized spacial score (nSPS) is 14.7. The first-order valence-electron chi connectivity index (χ1n) is 8.71. The van der Waals surface area contributed by atoms with Gasteiger partial charge in [0, 0.05) is 12.5 Å². The van der Waals surface area contributed by atoms with E-state index >= 15 is 0 Å². The van der Waals surface area contributed by atoms with Gasteiger partial charge in [-0.15, -0.1) is 10.2 Å². The Morgan fingerprint density at radius 1 is 1.31 bits per heavy atom. The summed E-state index contributed by atoms with van der Waals surface area (Å²) in [4.78, 5) is 26.1. The number of rotatable bonds is 8. The quantitative estimate of drug-likeness (QED) is 0.552. The van der Waals surface area contributed by atoms with E-state index in [1.165, 1.54) is 23.1 Å². The Balaban J connectivity index is 1.53. The van der Waals surface area contributed by atoms with Crippen molar-refractivity contribution in [1.82, 2.24) is 15.5 Å². The van der Waals surface area contributed by atoms with Crippen LogP contribution >= 0.6 is 23.1 Å². The molecule has 0 saturated heterocycles. The number of nitrogens with zero attached hydrogens (tertiary/aromatic N) is 3. The minimum atomic E-state index is -0.0493. The highest BCUT2D eigenvalue weighted by Crippen LogP contribution is 2.36. The van der Waals surface area contributed by atoms with Gasteiger partial charge < -0.3 is 5.32 Å². The second-order valence-electron chi connectivity index (χ2n) is 6.19. The topological polar surface area (TPSA) is 75.2 Å². The van der Waals surface area contributed by atoms with Crippen LogP contribution in [0.1, 0.15) is 44.7 Å². The van der Waals surface area contributed by atoms with Crippen LogP contribution in [0.2, 0.25) is 0 Å². The number of aromatic nitrogens is 2. The molecule has 1 aromatic carbocycles. The van der Waals surface area contributed by atoms with Gasteiger partial charge in [0.05, 0.1) is 11.8 Å². The van der Waals surface area contributed by atoms with Gasteiger partial charge in [0.2, 0.25) is 16.9 Å². The summed E-state index contributed by atoms with van der Waals surface area (Å²) in [5.74, 6) is 0.304. The first-order valence-corrected chi connectivity index (χ1v) is 10.5. The van der Waals surface area contributed by atoms with E-state index in [0.717, 1.165) is 18.4 Å². The second kappa shape index (κ2) is 8.64. The molecule has 0 radical (unpaired) electrons. The highest BCUT2D eigenvalue weighted by atomic mass is 32.2. The van der Waals surface area contributed by atoms with Crippen LogP contribution in [0.15, 0.2) is 34.7 Å². The summed E-state index contributed by atoms with van der Waals surface area (Å²) in [5.41, 5.74) is 1.07. The standard InChI is InChI=1S/C18H22N4O2S2/c1-3-16(24)22(14-9-10-14)17-20-21-18(26-17)25-11-15(23)19-12(2)13-7-5-4-6-8-13/h4-8,12,14H,3,9-11H2,1-2H3,(H,19,23)/t12-/m1/s1. The Morgan fingerprint density at radius 3 is 2.69 bits per heavy atom. The van der Waals surface area contributed by atoms with E-state index in [1.807, 2.05) is 44.2 Å². The van der Waals surface area contributed by atoms with Crippen molar-refractivity contribution < 1.29 is 9.59 Å². The Hall–Kier alpha value is -1.93. The summed E-state index contributed by atoms with van der Waals surface area (Å²) in [6.07, 6.45) is 2.50. The average molecular weight is 391 g/mol. The molecule has 2 amide bonds. The Kier molecular flexibility index (Phi) is 6.26. The summed E-state index contributed by atoms with van der Waals surface area (Å²) >= 11 is 2.73. The van der Waals surface area contributed by atoms with E-state index < -0.39 is 0 Å². The minimum absolute atomic E-state index is 0.0400. The zero-order valence-corrected chi connectivity index (χ0v) is 16.5. The fourth-order valence-corrected chi connectivity index (χ4v) is 4.30. The molecule has 0 unspecified atom stereocenters. The molecule has 0 spiro atoms. The predicted octanol–water partition coefficient (Wildman–Crippen LogP) is 3.41. The number of thioether (sulfide) groups is 1. The van der Waals surface area contributed by atoms with Crippen LogP contribution in [0, 0.1) is 0 Å². The maximum atomic E-state index is 12.2. The lowest BCUT2D eigenvalue weighted by Crippen LogP contribution is -2.32. The van der Waals surface area contributed by atoms with Gasteiger partial charge >= 0.3 is 0 Å². The van der Waals surface area contributed by atoms with Gasteiger partial charge in [-0.3, -0.25) is 14.5 Å². The van der Waals surface area contributed by atoms with E-state index in [-0.39, 0.29) is 29.7 Å². The maximum absolute atomic E-state index is 12.2. The van der Waals surface area contributed by atoms with Gasteiger partial charge in [0.1, 0.15) is 0 Å². The number of hydrogen-bond donors (Lipinski definition) is 1. The van der Waals surface area contributed by atoms with Crippen LogP contribution in [0.4, 0.5) is 5.13 Å².